The number of rotatable bonds is 3. The average Bonchev–Trinajstić information content (AvgIpc) is 2.91. The molecule has 3 rings (SSSR count). The predicted molar refractivity (Wildman–Crippen MR) is 81.8 cm³/mol. The Morgan fingerprint density at radius 1 is 1.13 bits per heavy atom. The van der Waals surface area contributed by atoms with Gasteiger partial charge in [-0.1, -0.05) is 18.2 Å². The van der Waals surface area contributed by atoms with Gasteiger partial charge in [0, 0.05) is 23.3 Å². The fraction of sp³-hybridized carbons (Fsp3) is 0. The van der Waals surface area contributed by atoms with Gasteiger partial charge >= 0.3 is 5.97 Å². The van der Waals surface area contributed by atoms with E-state index in [4.69, 9.17) is 4.74 Å². The van der Waals surface area contributed by atoms with Gasteiger partial charge in [-0.25, -0.2) is 9.79 Å². The minimum Gasteiger partial charge on any atom is -0.507 e. The summed E-state index contributed by atoms with van der Waals surface area (Å²) < 4.78 is 5.06. The fourth-order valence-corrected chi connectivity index (χ4v) is 2.02. The Balaban J connectivity index is 1.92. The van der Waals surface area contributed by atoms with Crippen LogP contribution in [0.5, 0.6) is 5.75 Å². The van der Waals surface area contributed by atoms with Gasteiger partial charge in [0.05, 0.1) is 4.92 Å². The summed E-state index contributed by atoms with van der Waals surface area (Å²) in [5, 5.41) is 20.3. The van der Waals surface area contributed by atoms with Crippen molar-refractivity contribution in [2.75, 3.05) is 0 Å². The molecule has 0 saturated carbocycles. The van der Waals surface area contributed by atoms with Crippen LogP contribution in [-0.2, 0) is 9.53 Å². The minimum absolute atomic E-state index is 0.0202. The highest BCUT2D eigenvalue weighted by molar-refractivity contribution is 6.13. The van der Waals surface area contributed by atoms with Gasteiger partial charge in [0.15, 0.2) is 5.70 Å². The minimum atomic E-state index is -0.651. The van der Waals surface area contributed by atoms with Crippen molar-refractivity contribution in [2.24, 2.45) is 4.99 Å². The molecule has 0 aliphatic carbocycles. The number of non-ortho nitro benzene ring substituents is 1. The van der Waals surface area contributed by atoms with E-state index in [2.05, 4.69) is 4.99 Å². The van der Waals surface area contributed by atoms with Crippen LogP contribution in [0.25, 0.3) is 6.08 Å². The molecule has 7 nitrogen and oxygen atoms in total. The summed E-state index contributed by atoms with van der Waals surface area (Å²) in [7, 11) is 0. The zero-order valence-electron chi connectivity index (χ0n) is 11.7. The van der Waals surface area contributed by atoms with E-state index in [0.29, 0.717) is 11.1 Å². The largest absolute Gasteiger partial charge is 0.507 e. The van der Waals surface area contributed by atoms with Crippen molar-refractivity contribution in [3.05, 3.63) is 75.5 Å². The van der Waals surface area contributed by atoms with E-state index < -0.39 is 10.9 Å². The van der Waals surface area contributed by atoms with Crippen LogP contribution in [-0.4, -0.2) is 21.9 Å². The molecule has 23 heavy (non-hydrogen) atoms. The normalized spacial score (nSPS) is 15.4. The van der Waals surface area contributed by atoms with Gasteiger partial charge in [-0.3, -0.25) is 10.1 Å². The number of phenolic OH excluding ortho intramolecular Hbond substituents is 1. The van der Waals surface area contributed by atoms with Crippen LogP contribution in [0, 0.1) is 10.1 Å². The van der Waals surface area contributed by atoms with Crippen LogP contribution in [0.4, 0.5) is 5.69 Å². The number of nitro benzene ring substituents is 1. The number of phenols is 1. The van der Waals surface area contributed by atoms with E-state index in [-0.39, 0.29) is 23.0 Å². The lowest BCUT2D eigenvalue weighted by atomic mass is 10.1. The third-order valence-corrected chi connectivity index (χ3v) is 3.17. The number of benzene rings is 2. The number of esters is 1. The molecule has 0 saturated heterocycles. The van der Waals surface area contributed by atoms with Gasteiger partial charge in [0.2, 0.25) is 5.90 Å². The fourth-order valence-electron chi connectivity index (χ4n) is 2.02. The van der Waals surface area contributed by atoms with Gasteiger partial charge in [0.25, 0.3) is 5.69 Å². The summed E-state index contributed by atoms with van der Waals surface area (Å²) in [5.41, 5.74) is 0.862. The van der Waals surface area contributed by atoms with Crippen molar-refractivity contribution >= 4 is 23.6 Å². The van der Waals surface area contributed by atoms with E-state index in [1.807, 2.05) is 0 Å². The molecule has 2 aromatic rings. The Kier molecular flexibility index (Phi) is 3.60. The first-order chi connectivity index (χ1) is 11.0. The molecule has 0 radical (unpaired) electrons. The number of carbonyl (C=O) groups is 1. The molecule has 1 heterocycles. The summed E-state index contributed by atoms with van der Waals surface area (Å²) in [6.45, 7) is 0. The Bertz CT molecular complexity index is 853. The van der Waals surface area contributed by atoms with Crippen molar-refractivity contribution in [3.63, 3.8) is 0 Å². The second kappa shape index (κ2) is 5.72. The molecule has 0 amide bonds. The van der Waals surface area contributed by atoms with Crippen LogP contribution in [0.15, 0.2) is 59.2 Å². The van der Waals surface area contributed by atoms with Crippen LogP contribution in [0.2, 0.25) is 0 Å². The van der Waals surface area contributed by atoms with E-state index >= 15 is 0 Å². The molecule has 1 aliphatic rings. The highest BCUT2D eigenvalue weighted by Crippen LogP contribution is 2.24. The van der Waals surface area contributed by atoms with E-state index in [1.165, 1.54) is 36.4 Å². The summed E-state index contributed by atoms with van der Waals surface area (Å²) in [5.74, 6) is -0.569. The van der Waals surface area contributed by atoms with Crippen molar-refractivity contribution < 1.29 is 19.6 Å². The standard InChI is InChI=1S/C16H10N2O5/c19-14-4-2-1-3-11(14)9-13-16(20)23-15(17-13)10-5-7-12(8-6-10)18(21)22/h1-9,19H/b13-9+. The molecule has 0 aromatic heterocycles. The highest BCUT2D eigenvalue weighted by atomic mass is 16.6. The second-order valence-electron chi connectivity index (χ2n) is 4.70. The third kappa shape index (κ3) is 2.93. The molecule has 0 spiro atoms. The summed E-state index contributed by atoms with van der Waals surface area (Å²) in [6.07, 6.45) is 1.41. The van der Waals surface area contributed by atoms with E-state index in [9.17, 15) is 20.0 Å². The van der Waals surface area contributed by atoms with Crippen LogP contribution in [0.1, 0.15) is 11.1 Å². The second-order valence-corrected chi connectivity index (χ2v) is 4.70. The first-order valence-corrected chi connectivity index (χ1v) is 6.60. The highest BCUT2D eigenvalue weighted by Gasteiger charge is 2.24. The molecule has 2 aromatic carbocycles. The quantitative estimate of drug-likeness (QED) is 0.406. The SMILES string of the molecule is O=C1OC(c2ccc([N+](=O)[O-])cc2)=N/C1=C/c1ccccc1O. The number of nitrogens with zero attached hydrogens (tertiary/aromatic N) is 2. The van der Waals surface area contributed by atoms with Gasteiger partial charge in [-0.05, 0) is 24.3 Å². The molecule has 1 N–H and O–H groups in total. The molecule has 114 valence electrons. The van der Waals surface area contributed by atoms with Crippen LogP contribution < -0.4 is 0 Å². The lowest BCUT2D eigenvalue weighted by molar-refractivity contribution is -0.384. The van der Waals surface area contributed by atoms with Crippen LogP contribution in [0.3, 0.4) is 0 Å². The number of aliphatic imine (C=N–C) groups is 1. The number of hydrogen-bond donors (Lipinski definition) is 1. The average molecular weight is 310 g/mol. The Labute approximate surface area is 130 Å². The van der Waals surface area contributed by atoms with E-state index in [1.54, 1.807) is 18.2 Å². The predicted octanol–water partition coefficient (Wildman–Crippen LogP) is 2.64. The first kappa shape index (κ1) is 14.5. The smallest absolute Gasteiger partial charge is 0.363 e. The molecular formula is C16H10N2O5. The number of para-hydroxylation sites is 1. The summed E-state index contributed by atoms with van der Waals surface area (Å²) in [4.78, 5) is 26.0. The maximum absolute atomic E-state index is 11.9. The number of ether oxygens (including phenoxy) is 1. The molecule has 7 heteroatoms. The van der Waals surface area contributed by atoms with Crippen molar-refractivity contribution in [2.45, 2.75) is 0 Å². The molecule has 0 atom stereocenters. The van der Waals surface area contributed by atoms with Gasteiger partial charge in [-0.15, -0.1) is 0 Å². The number of cyclic esters (lactones) is 1. The van der Waals surface area contributed by atoms with Gasteiger partial charge in [0.1, 0.15) is 5.75 Å². The van der Waals surface area contributed by atoms with E-state index in [0.717, 1.165) is 0 Å². The molecule has 1 aliphatic heterocycles. The maximum Gasteiger partial charge on any atom is 0.363 e. The Morgan fingerprint density at radius 2 is 1.83 bits per heavy atom. The first-order valence-electron chi connectivity index (χ1n) is 6.60. The van der Waals surface area contributed by atoms with Gasteiger partial charge in [-0.2, -0.15) is 0 Å². The maximum atomic E-state index is 11.9. The molecular weight excluding hydrogens is 300 g/mol. The molecule has 0 fully saturated rings. The molecule has 0 unspecified atom stereocenters. The zero-order valence-corrected chi connectivity index (χ0v) is 11.7. The van der Waals surface area contributed by atoms with Gasteiger partial charge < -0.3 is 9.84 Å². The monoisotopic (exact) mass is 310 g/mol. The molecule has 0 bridgehead atoms. The third-order valence-electron chi connectivity index (χ3n) is 3.17. The number of aromatic hydroxyl groups is 1. The summed E-state index contributed by atoms with van der Waals surface area (Å²) >= 11 is 0. The Hall–Kier alpha value is -3.48. The lowest BCUT2D eigenvalue weighted by Crippen LogP contribution is -2.05. The lowest BCUT2D eigenvalue weighted by Gasteiger charge is -1.98. The topological polar surface area (TPSA) is 102 Å². The Morgan fingerprint density at radius 3 is 2.48 bits per heavy atom. The number of hydrogen-bond acceptors (Lipinski definition) is 6. The van der Waals surface area contributed by atoms with Crippen LogP contribution >= 0.6 is 0 Å². The van der Waals surface area contributed by atoms with Crippen molar-refractivity contribution in [3.8, 4) is 5.75 Å². The zero-order chi connectivity index (χ0) is 16.4. The number of carbonyl (C=O) groups excluding carboxylic acids is 1. The number of nitro groups is 1. The van der Waals surface area contributed by atoms with Crippen molar-refractivity contribution in [1.29, 1.82) is 0 Å². The van der Waals surface area contributed by atoms with Crippen molar-refractivity contribution in [1.82, 2.24) is 0 Å². The summed E-state index contributed by atoms with van der Waals surface area (Å²) in [6, 6.07) is 12.0.